The summed E-state index contributed by atoms with van der Waals surface area (Å²) in [6.07, 6.45) is 4.29. The van der Waals surface area contributed by atoms with Crippen LogP contribution >= 0.6 is 0 Å². The molecule has 7 nitrogen and oxygen atoms in total. The van der Waals surface area contributed by atoms with Crippen LogP contribution in [0.25, 0.3) is 0 Å². The predicted octanol–water partition coefficient (Wildman–Crippen LogP) is 0.832. The topological polar surface area (TPSA) is 91.8 Å². The Balaban J connectivity index is 1.80. The van der Waals surface area contributed by atoms with E-state index in [-0.39, 0.29) is 18.1 Å². The largest absolute Gasteiger partial charge is 0.481 e. The van der Waals surface area contributed by atoms with Gasteiger partial charge in [-0.1, -0.05) is 6.07 Å². The van der Waals surface area contributed by atoms with Crippen LogP contribution in [0.15, 0.2) is 18.3 Å². The van der Waals surface area contributed by atoms with E-state index in [0.717, 1.165) is 18.4 Å². The summed E-state index contributed by atoms with van der Waals surface area (Å²) in [6, 6.07) is 3.18. The highest BCUT2D eigenvalue weighted by Crippen LogP contribution is 2.38. The molecular formula is C15H23N3O4S. The zero-order chi connectivity index (χ0) is 16.4. The summed E-state index contributed by atoms with van der Waals surface area (Å²) in [6.45, 7) is 1.13. The molecule has 0 bridgehead atoms. The van der Waals surface area contributed by atoms with Crippen molar-refractivity contribution < 1.29 is 18.3 Å². The van der Waals surface area contributed by atoms with Crippen molar-refractivity contribution in [3.05, 3.63) is 23.9 Å². The molecule has 1 aliphatic heterocycles. The zero-order valence-corrected chi connectivity index (χ0v) is 14.0. The van der Waals surface area contributed by atoms with Gasteiger partial charge in [-0.3, -0.25) is 0 Å². The van der Waals surface area contributed by atoms with Gasteiger partial charge in [0.05, 0.1) is 19.3 Å². The van der Waals surface area contributed by atoms with Crippen molar-refractivity contribution in [1.82, 2.24) is 14.0 Å². The maximum atomic E-state index is 12.6. The Morgan fingerprint density at radius 2 is 2.04 bits per heavy atom. The number of pyridine rings is 1. The van der Waals surface area contributed by atoms with Crippen molar-refractivity contribution in [3.8, 4) is 5.88 Å². The van der Waals surface area contributed by atoms with E-state index in [1.165, 1.54) is 11.4 Å². The number of rotatable bonds is 6. The van der Waals surface area contributed by atoms with Crippen LogP contribution in [0.2, 0.25) is 0 Å². The molecule has 3 rings (SSSR count). The number of hydrogen-bond acceptors (Lipinski definition) is 5. The third-order valence-electron chi connectivity index (χ3n) is 4.63. The number of aliphatic hydroxyl groups is 1. The fourth-order valence-corrected chi connectivity index (χ4v) is 4.74. The molecule has 2 N–H and O–H groups in total. The quantitative estimate of drug-likeness (QED) is 0.800. The molecule has 0 unspecified atom stereocenters. The number of nitrogens with one attached hydrogen (secondary N) is 1. The average Bonchev–Trinajstić information content (AvgIpc) is 3.05. The van der Waals surface area contributed by atoms with Gasteiger partial charge in [-0.25, -0.2) is 4.98 Å². The third-order valence-corrected chi connectivity index (χ3v) is 6.23. The Bertz CT molecular complexity index is 623. The molecule has 2 fully saturated rings. The van der Waals surface area contributed by atoms with Gasteiger partial charge in [0.25, 0.3) is 10.2 Å². The summed E-state index contributed by atoms with van der Waals surface area (Å²) in [4.78, 5) is 4.17. The molecule has 1 atom stereocenters. The summed E-state index contributed by atoms with van der Waals surface area (Å²) in [5, 5.41) is 9.58. The molecule has 0 spiro atoms. The first-order chi connectivity index (χ1) is 11.0. The van der Waals surface area contributed by atoms with Crippen LogP contribution in [0.3, 0.4) is 0 Å². The molecule has 0 amide bonds. The summed E-state index contributed by atoms with van der Waals surface area (Å²) in [7, 11) is -1.98. The fraction of sp³-hybridized carbons (Fsp3) is 0.667. The van der Waals surface area contributed by atoms with Gasteiger partial charge >= 0.3 is 0 Å². The van der Waals surface area contributed by atoms with Crippen molar-refractivity contribution in [2.45, 2.75) is 37.8 Å². The van der Waals surface area contributed by atoms with Gasteiger partial charge in [0.1, 0.15) is 0 Å². The van der Waals surface area contributed by atoms with E-state index in [9.17, 15) is 13.5 Å². The molecule has 128 valence electrons. The molecule has 0 aromatic carbocycles. The minimum Gasteiger partial charge on any atom is -0.481 e. The van der Waals surface area contributed by atoms with Crippen molar-refractivity contribution in [2.24, 2.45) is 5.92 Å². The Morgan fingerprint density at radius 3 is 2.57 bits per heavy atom. The lowest BCUT2D eigenvalue weighted by Gasteiger charge is -2.38. The van der Waals surface area contributed by atoms with Crippen molar-refractivity contribution in [1.29, 1.82) is 0 Å². The van der Waals surface area contributed by atoms with Crippen molar-refractivity contribution in [2.75, 3.05) is 20.2 Å². The van der Waals surface area contributed by atoms with Gasteiger partial charge in [0, 0.05) is 25.4 Å². The second kappa shape index (κ2) is 6.72. The highest BCUT2D eigenvalue weighted by atomic mass is 32.2. The van der Waals surface area contributed by atoms with Gasteiger partial charge in [-0.05, 0) is 37.2 Å². The SMILES string of the molecule is COc1ccc([C@H](NS(=O)(=O)N2CCCC2)C2CC(O)C2)cn1. The lowest BCUT2D eigenvalue weighted by atomic mass is 9.76. The molecule has 1 aromatic heterocycles. The smallest absolute Gasteiger partial charge is 0.280 e. The van der Waals surface area contributed by atoms with E-state index >= 15 is 0 Å². The highest BCUT2D eigenvalue weighted by Gasteiger charge is 2.38. The molecule has 2 heterocycles. The Morgan fingerprint density at radius 1 is 1.35 bits per heavy atom. The third kappa shape index (κ3) is 3.65. The molecule has 23 heavy (non-hydrogen) atoms. The first-order valence-corrected chi connectivity index (χ1v) is 9.39. The zero-order valence-electron chi connectivity index (χ0n) is 13.2. The second-order valence-corrected chi connectivity index (χ2v) is 7.93. The molecule has 1 saturated heterocycles. The highest BCUT2D eigenvalue weighted by molar-refractivity contribution is 7.87. The lowest BCUT2D eigenvalue weighted by Crippen LogP contribution is -2.46. The average molecular weight is 341 g/mol. The van der Waals surface area contributed by atoms with E-state index < -0.39 is 10.2 Å². The van der Waals surface area contributed by atoms with Gasteiger partial charge in [0.2, 0.25) is 5.88 Å². The summed E-state index contributed by atoms with van der Waals surface area (Å²) in [5.41, 5.74) is 0.797. The van der Waals surface area contributed by atoms with E-state index in [2.05, 4.69) is 9.71 Å². The standard InChI is InChI=1S/C15H23N3O4S/c1-22-14-5-4-11(10-16-14)15(12-8-13(19)9-12)17-23(20,21)18-6-2-3-7-18/h4-5,10,12-13,15,17,19H,2-3,6-9H2,1H3/t12?,13?,15-/m0/s1. The maximum Gasteiger partial charge on any atom is 0.280 e. The van der Waals surface area contributed by atoms with Gasteiger partial charge < -0.3 is 9.84 Å². The van der Waals surface area contributed by atoms with Crippen LogP contribution in [-0.2, 0) is 10.2 Å². The van der Waals surface area contributed by atoms with Crippen LogP contribution in [0.4, 0.5) is 0 Å². The maximum absolute atomic E-state index is 12.6. The summed E-state index contributed by atoms with van der Waals surface area (Å²) >= 11 is 0. The fourth-order valence-electron chi connectivity index (χ4n) is 3.20. The molecule has 1 saturated carbocycles. The first-order valence-electron chi connectivity index (χ1n) is 7.95. The number of ether oxygens (including phenoxy) is 1. The van der Waals surface area contributed by atoms with E-state index in [1.807, 2.05) is 6.07 Å². The van der Waals surface area contributed by atoms with Crippen LogP contribution in [0, 0.1) is 5.92 Å². The van der Waals surface area contributed by atoms with Gasteiger partial charge in [-0.2, -0.15) is 17.4 Å². The molecule has 2 aliphatic rings. The monoisotopic (exact) mass is 341 g/mol. The normalized spacial score (nSPS) is 26.7. The van der Waals surface area contributed by atoms with Crippen molar-refractivity contribution >= 4 is 10.2 Å². The van der Waals surface area contributed by atoms with Crippen LogP contribution in [-0.4, -0.2) is 49.1 Å². The molecule has 0 radical (unpaired) electrons. The van der Waals surface area contributed by atoms with E-state index in [0.29, 0.717) is 31.8 Å². The summed E-state index contributed by atoms with van der Waals surface area (Å²) in [5.74, 6) is 0.570. The van der Waals surface area contributed by atoms with E-state index in [4.69, 9.17) is 4.74 Å². The van der Waals surface area contributed by atoms with Crippen LogP contribution in [0.5, 0.6) is 5.88 Å². The molecule has 1 aliphatic carbocycles. The predicted molar refractivity (Wildman–Crippen MR) is 85.1 cm³/mol. The molecule has 8 heteroatoms. The number of hydrogen-bond donors (Lipinski definition) is 2. The first kappa shape index (κ1) is 16.6. The number of methoxy groups -OCH3 is 1. The Labute approximate surface area is 136 Å². The lowest BCUT2D eigenvalue weighted by molar-refractivity contribution is 0.0277. The van der Waals surface area contributed by atoms with Crippen LogP contribution in [0.1, 0.15) is 37.3 Å². The molecular weight excluding hydrogens is 318 g/mol. The van der Waals surface area contributed by atoms with Crippen molar-refractivity contribution in [3.63, 3.8) is 0 Å². The Hall–Kier alpha value is -1.22. The van der Waals surface area contributed by atoms with Crippen LogP contribution < -0.4 is 9.46 Å². The Kier molecular flexibility index (Phi) is 4.86. The van der Waals surface area contributed by atoms with E-state index in [1.54, 1.807) is 12.3 Å². The van der Waals surface area contributed by atoms with Gasteiger partial charge in [0.15, 0.2) is 0 Å². The van der Waals surface area contributed by atoms with Gasteiger partial charge in [-0.15, -0.1) is 0 Å². The molecule has 1 aromatic rings. The number of nitrogens with zero attached hydrogens (tertiary/aromatic N) is 2. The minimum absolute atomic E-state index is 0.0811. The minimum atomic E-state index is -3.52. The summed E-state index contributed by atoms with van der Waals surface area (Å²) < 4.78 is 34.5. The number of aliphatic hydroxyl groups excluding tert-OH is 1. The number of aromatic nitrogens is 1. The second-order valence-electron chi connectivity index (χ2n) is 6.23.